The Morgan fingerprint density at radius 2 is 1.90 bits per heavy atom. The number of carbonyl (C=O) groups is 1. The number of nitrogens with one attached hydrogen (secondary N) is 1. The third-order valence-electron chi connectivity index (χ3n) is 6.25. The first kappa shape index (κ1) is 18.3. The SMILES string of the molecule is CN1CCN(c2ccc(Nc3ncc4c(n3)N3CCCCC3CC4=O)nc2)CC1. The number of aromatic nitrogens is 3. The van der Waals surface area contributed by atoms with Crippen LogP contribution in [0.3, 0.4) is 0 Å². The van der Waals surface area contributed by atoms with Crippen LogP contribution in [0.5, 0.6) is 0 Å². The van der Waals surface area contributed by atoms with Crippen LogP contribution in [0, 0.1) is 0 Å². The second-order valence-electron chi connectivity index (χ2n) is 8.22. The van der Waals surface area contributed by atoms with E-state index >= 15 is 0 Å². The second-order valence-corrected chi connectivity index (χ2v) is 8.22. The quantitative estimate of drug-likeness (QED) is 0.851. The van der Waals surface area contributed by atoms with Crippen molar-refractivity contribution in [1.82, 2.24) is 19.9 Å². The highest BCUT2D eigenvalue weighted by atomic mass is 16.1. The molecule has 2 fully saturated rings. The lowest BCUT2D eigenvalue weighted by atomic mass is 9.91. The van der Waals surface area contributed by atoms with E-state index in [-0.39, 0.29) is 11.8 Å². The van der Waals surface area contributed by atoms with Crippen LogP contribution in [0.15, 0.2) is 24.5 Å². The van der Waals surface area contributed by atoms with E-state index in [1.165, 1.54) is 6.42 Å². The van der Waals surface area contributed by atoms with Gasteiger partial charge in [0.25, 0.3) is 0 Å². The molecule has 0 saturated carbocycles. The lowest BCUT2D eigenvalue weighted by molar-refractivity contribution is 0.0960. The minimum Gasteiger partial charge on any atom is -0.368 e. The van der Waals surface area contributed by atoms with Gasteiger partial charge in [0.1, 0.15) is 11.6 Å². The van der Waals surface area contributed by atoms with Crippen LogP contribution in [0.2, 0.25) is 0 Å². The van der Waals surface area contributed by atoms with Crippen molar-refractivity contribution in [2.24, 2.45) is 0 Å². The number of carbonyl (C=O) groups excluding carboxylic acids is 1. The number of anilines is 4. The largest absolute Gasteiger partial charge is 0.368 e. The van der Waals surface area contributed by atoms with Gasteiger partial charge in [-0.25, -0.2) is 9.97 Å². The molecule has 1 unspecified atom stereocenters. The van der Waals surface area contributed by atoms with Crippen molar-refractivity contribution in [2.75, 3.05) is 54.9 Å². The van der Waals surface area contributed by atoms with Crippen LogP contribution < -0.4 is 15.1 Å². The minimum atomic E-state index is 0.157. The van der Waals surface area contributed by atoms with E-state index in [4.69, 9.17) is 4.98 Å². The van der Waals surface area contributed by atoms with Crippen molar-refractivity contribution < 1.29 is 4.79 Å². The zero-order valence-corrected chi connectivity index (χ0v) is 16.8. The van der Waals surface area contributed by atoms with Crippen LogP contribution in [-0.2, 0) is 0 Å². The Morgan fingerprint density at radius 1 is 1.03 bits per heavy atom. The maximum atomic E-state index is 12.5. The molecule has 3 aliphatic heterocycles. The first-order valence-electron chi connectivity index (χ1n) is 10.5. The van der Waals surface area contributed by atoms with E-state index in [9.17, 15) is 4.79 Å². The summed E-state index contributed by atoms with van der Waals surface area (Å²) in [4.78, 5) is 33.1. The molecule has 152 valence electrons. The number of likely N-dealkylation sites (N-methyl/N-ethyl adjacent to an activating group) is 1. The fourth-order valence-electron chi connectivity index (χ4n) is 4.49. The standard InChI is InChI=1S/C21H27N7O/c1-26-8-10-27(11-9-26)16-5-6-19(22-13-16)24-21-23-14-17-18(29)12-15-4-2-3-7-28(15)20(17)25-21/h5-6,13-15H,2-4,7-12H2,1H3,(H,22,23,24,25). The first-order chi connectivity index (χ1) is 14.2. The van der Waals surface area contributed by atoms with Gasteiger partial charge in [-0.2, -0.15) is 4.98 Å². The van der Waals surface area contributed by atoms with E-state index in [1.807, 2.05) is 12.3 Å². The molecule has 8 nitrogen and oxygen atoms in total. The molecule has 1 N–H and O–H groups in total. The maximum absolute atomic E-state index is 12.5. The molecule has 2 saturated heterocycles. The number of rotatable bonds is 3. The molecule has 0 spiro atoms. The minimum absolute atomic E-state index is 0.157. The number of piperidine rings is 1. The highest BCUT2D eigenvalue weighted by molar-refractivity contribution is 6.02. The number of pyridine rings is 1. The fourth-order valence-corrected chi connectivity index (χ4v) is 4.49. The molecular formula is C21H27N7O. The molecule has 0 bridgehead atoms. The molecule has 5 heterocycles. The Kier molecular flexibility index (Phi) is 4.79. The number of Topliss-reactive ketones (excluding diaryl/α,β-unsaturated/α-hetero) is 1. The molecule has 0 amide bonds. The second kappa shape index (κ2) is 7.59. The van der Waals surface area contributed by atoms with E-state index in [0.29, 0.717) is 23.8 Å². The van der Waals surface area contributed by atoms with Crippen molar-refractivity contribution in [1.29, 1.82) is 0 Å². The third kappa shape index (κ3) is 3.64. The first-order valence-corrected chi connectivity index (χ1v) is 10.5. The topological polar surface area (TPSA) is 77.5 Å². The van der Waals surface area contributed by atoms with Gasteiger partial charge in [-0.15, -0.1) is 0 Å². The number of nitrogens with zero attached hydrogens (tertiary/aromatic N) is 6. The van der Waals surface area contributed by atoms with Crippen molar-refractivity contribution in [3.63, 3.8) is 0 Å². The summed E-state index contributed by atoms with van der Waals surface area (Å²) in [6.45, 7) is 5.13. The summed E-state index contributed by atoms with van der Waals surface area (Å²) in [5, 5.41) is 3.20. The predicted octanol–water partition coefficient (Wildman–Crippen LogP) is 2.31. The summed E-state index contributed by atoms with van der Waals surface area (Å²) in [7, 11) is 2.15. The van der Waals surface area contributed by atoms with Crippen LogP contribution in [0.1, 0.15) is 36.0 Å². The van der Waals surface area contributed by atoms with Crippen LogP contribution in [-0.4, -0.2) is 71.4 Å². The summed E-state index contributed by atoms with van der Waals surface area (Å²) in [5.41, 5.74) is 1.78. The van der Waals surface area contributed by atoms with Crippen LogP contribution >= 0.6 is 0 Å². The van der Waals surface area contributed by atoms with Gasteiger partial charge >= 0.3 is 0 Å². The molecule has 3 aliphatic rings. The van der Waals surface area contributed by atoms with Crippen LogP contribution in [0.4, 0.5) is 23.3 Å². The van der Waals surface area contributed by atoms with Gasteiger partial charge in [0.2, 0.25) is 5.95 Å². The Labute approximate surface area is 171 Å². The average molecular weight is 393 g/mol. The van der Waals surface area contributed by atoms with Crippen LogP contribution in [0.25, 0.3) is 0 Å². The molecular weight excluding hydrogens is 366 g/mol. The number of fused-ring (bicyclic) bond motifs is 3. The highest BCUT2D eigenvalue weighted by Crippen LogP contribution is 2.34. The van der Waals surface area contributed by atoms with Gasteiger partial charge < -0.3 is 20.0 Å². The monoisotopic (exact) mass is 393 g/mol. The molecule has 0 aliphatic carbocycles. The Balaban J connectivity index is 1.33. The number of hydrogen-bond donors (Lipinski definition) is 1. The van der Waals surface area contributed by atoms with E-state index in [2.05, 4.69) is 43.1 Å². The normalized spacial score (nSPS) is 22.2. The van der Waals surface area contributed by atoms with Gasteiger partial charge in [0.05, 0.1) is 17.4 Å². The number of piperazine rings is 1. The molecule has 0 aromatic carbocycles. The molecule has 8 heteroatoms. The van der Waals surface area contributed by atoms with E-state index in [0.717, 1.165) is 57.1 Å². The maximum Gasteiger partial charge on any atom is 0.230 e. The van der Waals surface area contributed by atoms with Crippen molar-refractivity contribution >= 4 is 29.1 Å². The lowest BCUT2D eigenvalue weighted by Gasteiger charge is -2.40. The number of hydrogen-bond acceptors (Lipinski definition) is 8. The summed E-state index contributed by atoms with van der Waals surface area (Å²) in [5.74, 6) is 2.13. The molecule has 2 aromatic rings. The van der Waals surface area contributed by atoms with Gasteiger partial charge in [-0.05, 0) is 38.4 Å². The molecule has 1 atom stereocenters. The summed E-state index contributed by atoms with van der Waals surface area (Å²) in [6, 6.07) is 4.33. The summed E-state index contributed by atoms with van der Waals surface area (Å²) in [6.07, 6.45) is 7.54. The van der Waals surface area contributed by atoms with Gasteiger partial charge in [0, 0.05) is 51.4 Å². The van der Waals surface area contributed by atoms with Crippen molar-refractivity contribution in [3.8, 4) is 0 Å². The van der Waals surface area contributed by atoms with E-state index in [1.54, 1.807) is 6.20 Å². The summed E-state index contributed by atoms with van der Waals surface area (Å²) < 4.78 is 0. The van der Waals surface area contributed by atoms with Crippen molar-refractivity contribution in [2.45, 2.75) is 31.7 Å². The Hall–Kier alpha value is -2.74. The Bertz CT molecular complexity index is 892. The third-order valence-corrected chi connectivity index (χ3v) is 6.25. The number of ketones is 1. The molecule has 5 rings (SSSR count). The molecule has 2 aromatic heterocycles. The van der Waals surface area contributed by atoms with Gasteiger partial charge in [-0.1, -0.05) is 0 Å². The highest BCUT2D eigenvalue weighted by Gasteiger charge is 2.34. The Morgan fingerprint density at radius 3 is 2.69 bits per heavy atom. The van der Waals surface area contributed by atoms with Crippen molar-refractivity contribution in [3.05, 3.63) is 30.1 Å². The molecule has 0 radical (unpaired) electrons. The summed E-state index contributed by atoms with van der Waals surface area (Å²) >= 11 is 0. The van der Waals surface area contributed by atoms with Gasteiger partial charge in [0.15, 0.2) is 5.78 Å². The van der Waals surface area contributed by atoms with Gasteiger partial charge in [-0.3, -0.25) is 4.79 Å². The zero-order chi connectivity index (χ0) is 19.8. The molecule has 29 heavy (non-hydrogen) atoms. The smallest absolute Gasteiger partial charge is 0.230 e. The predicted molar refractivity (Wildman–Crippen MR) is 113 cm³/mol. The zero-order valence-electron chi connectivity index (χ0n) is 16.8. The fraction of sp³-hybridized carbons (Fsp3) is 0.524. The lowest BCUT2D eigenvalue weighted by Crippen LogP contribution is -2.45. The van der Waals surface area contributed by atoms with E-state index < -0.39 is 0 Å². The average Bonchev–Trinajstić information content (AvgIpc) is 2.75.